The summed E-state index contributed by atoms with van der Waals surface area (Å²) in [5.74, 6) is -1.09. The summed E-state index contributed by atoms with van der Waals surface area (Å²) in [6, 6.07) is 3.00. The Labute approximate surface area is 123 Å². The highest BCUT2D eigenvalue weighted by atomic mass is 35.5. The van der Waals surface area contributed by atoms with Gasteiger partial charge in [-0.05, 0) is 44.0 Å². The molecule has 0 bridgehead atoms. The standard InChI is InChI=1S/C12H17ClN2O3.ClH/c1-7-5-8(13)6-9(12(17)18)11(7)15-10(16)3-2-4-14;/h5-6,10,15-16H,2-4,14H2,1H3,(H,17,18);1H. The summed E-state index contributed by atoms with van der Waals surface area (Å²) in [6.45, 7) is 2.21. The van der Waals surface area contributed by atoms with Crippen molar-refractivity contribution in [2.45, 2.75) is 26.0 Å². The third-order valence-electron chi connectivity index (χ3n) is 2.52. The lowest BCUT2D eigenvalue weighted by Gasteiger charge is -2.18. The Morgan fingerprint density at radius 3 is 2.68 bits per heavy atom. The minimum Gasteiger partial charge on any atom is -0.478 e. The number of benzene rings is 1. The topological polar surface area (TPSA) is 95.6 Å². The van der Waals surface area contributed by atoms with Crippen LogP contribution in [0.1, 0.15) is 28.8 Å². The molecular weight excluding hydrogens is 291 g/mol. The van der Waals surface area contributed by atoms with Crippen LogP contribution in [0.4, 0.5) is 5.69 Å². The van der Waals surface area contributed by atoms with Gasteiger partial charge in [0.2, 0.25) is 0 Å². The van der Waals surface area contributed by atoms with E-state index in [0.29, 0.717) is 35.7 Å². The van der Waals surface area contributed by atoms with Crippen LogP contribution in [0, 0.1) is 6.92 Å². The van der Waals surface area contributed by atoms with Crippen LogP contribution in [0.2, 0.25) is 5.02 Å². The van der Waals surface area contributed by atoms with Crippen LogP contribution in [0.3, 0.4) is 0 Å². The zero-order valence-electron chi connectivity index (χ0n) is 10.5. The van der Waals surface area contributed by atoms with Crippen molar-refractivity contribution in [2.75, 3.05) is 11.9 Å². The number of hydrogen-bond acceptors (Lipinski definition) is 4. The Morgan fingerprint density at radius 1 is 1.53 bits per heavy atom. The molecule has 0 saturated heterocycles. The predicted molar refractivity (Wildman–Crippen MR) is 78.3 cm³/mol. The molecule has 108 valence electrons. The summed E-state index contributed by atoms with van der Waals surface area (Å²) in [7, 11) is 0. The van der Waals surface area contributed by atoms with Crippen molar-refractivity contribution in [1.82, 2.24) is 0 Å². The number of aliphatic hydroxyl groups is 1. The number of anilines is 1. The number of aromatic carboxylic acids is 1. The van der Waals surface area contributed by atoms with Crippen molar-refractivity contribution >= 4 is 35.7 Å². The molecule has 0 aliphatic heterocycles. The molecule has 0 fully saturated rings. The molecule has 0 amide bonds. The molecule has 1 aromatic rings. The van der Waals surface area contributed by atoms with Gasteiger partial charge in [-0.25, -0.2) is 4.79 Å². The molecule has 1 aromatic carbocycles. The second-order valence-corrected chi connectivity index (χ2v) is 4.48. The Hall–Kier alpha value is -1.01. The first-order valence-electron chi connectivity index (χ1n) is 5.63. The van der Waals surface area contributed by atoms with Gasteiger partial charge in [-0.2, -0.15) is 0 Å². The number of nitrogens with two attached hydrogens (primary N) is 1. The molecule has 19 heavy (non-hydrogen) atoms. The number of hydrogen-bond donors (Lipinski definition) is 4. The lowest BCUT2D eigenvalue weighted by atomic mass is 10.1. The SMILES string of the molecule is Cc1cc(Cl)cc(C(=O)O)c1NC(O)CCCN.Cl. The fraction of sp³-hybridized carbons (Fsp3) is 0.417. The smallest absolute Gasteiger partial charge is 0.337 e. The average Bonchev–Trinajstić information content (AvgIpc) is 2.29. The van der Waals surface area contributed by atoms with Crippen LogP contribution >= 0.6 is 24.0 Å². The van der Waals surface area contributed by atoms with Crippen LogP contribution in [0.25, 0.3) is 0 Å². The Kier molecular flexibility index (Phi) is 7.78. The molecule has 5 nitrogen and oxygen atoms in total. The monoisotopic (exact) mass is 308 g/mol. The third kappa shape index (κ3) is 5.24. The van der Waals surface area contributed by atoms with Gasteiger partial charge >= 0.3 is 5.97 Å². The van der Waals surface area contributed by atoms with Crippen LogP contribution < -0.4 is 11.1 Å². The van der Waals surface area contributed by atoms with Crippen molar-refractivity contribution in [3.63, 3.8) is 0 Å². The number of aryl methyl sites for hydroxylation is 1. The zero-order valence-corrected chi connectivity index (χ0v) is 12.1. The molecular formula is C12H18Cl2N2O3. The van der Waals surface area contributed by atoms with E-state index in [9.17, 15) is 9.90 Å². The minimum atomic E-state index is -1.09. The minimum absolute atomic E-state index is 0. The summed E-state index contributed by atoms with van der Waals surface area (Å²) >= 11 is 5.82. The number of carbonyl (C=O) groups is 1. The fourth-order valence-corrected chi connectivity index (χ4v) is 1.93. The highest BCUT2D eigenvalue weighted by molar-refractivity contribution is 6.31. The second-order valence-electron chi connectivity index (χ2n) is 4.04. The Bertz CT molecular complexity index is 441. The van der Waals surface area contributed by atoms with Crippen molar-refractivity contribution in [3.05, 3.63) is 28.3 Å². The van der Waals surface area contributed by atoms with Crippen molar-refractivity contribution in [2.24, 2.45) is 5.73 Å². The molecule has 0 aliphatic rings. The maximum Gasteiger partial charge on any atom is 0.337 e. The van der Waals surface area contributed by atoms with Crippen molar-refractivity contribution < 1.29 is 15.0 Å². The van der Waals surface area contributed by atoms with E-state index in [1.54, 1.807) is 13.0 Å². The van der Waals surface area contributed by atoms with Crippen molar-refractivity contribution in [1.29, 1.82) is 0 Å². The molecule has 5 N–H and O–H groups in total. The number of halogens is 2. The van der Waals surface area contributed by atoms with Crippen LogP contribution in [-0.4, -0.2) is 29.0 Å². The molecule has 0 heterocycles. The molecule has 1 rings (SSSR count). The van der Waals surface area contributed by atoms with E-state index in [2.05, 4.69) is 5.32 Å². The number of nitrogens with one attached hydrogen (secondary N) is 1. The first kappa shape index (κ1) is 18.0. The van der Waals surface area contributed by atoms with Gasteiger partial charge in [0.1, 0.15) is 6.23 Å². The number of carboxylic acids is 1. The van der Waals surface area contributed by atoms with E-state index in [4.69, 9.17) is 22.4 Å². The number of rotatable bonds is 6. The van der Waals surface area contributed by atoms with Gasteiger partial charge in [0.25, 0.3) is 0 Å². The van der Waals surface area contributed by atoms with Crippen molar-refractivity contribution in [3.8, 4) is 0 Å². The molecule has 0 aliphatic carbocycles. The van der Waals surface area contributed by atoms with Gasteiger partial charge in [-0.15, -0.1) is 12.4 Å². The summed E-state index contributed by atoms with van der Waals surface area (Å²) in [5, 5.41) is 22.0. The summed E-state index contributed by atoms with van der Waals surface area (Å²) in [6.07, 6.45) is 0.285. The number of aliphatic hydroxyl groups excluding tert-OH is 1. The maximum absolute atomic E-state index is 11.1. The van der Waals surface area contributed by atoms with E-state index < -0.39 is 12.2 Å². The van der Waals surface area contributed by atoms with E-state index in [1.165, 1.54) is 6.07 Å². The molecule has 0 saturated carbocycles. The molecule has 1 atom stereocenters. The first-order chi connectivity index (χ1) is 8.45. The zero-order chi connectivity index (χ0) is 13.7. The van der Waals surface area contributed by atoms with E-state index >= 15 is 0 Å². The normalized spacial score (nSPS) is 11.6. The Balaban J connectivity index is 0.00000324. The van der Waals surface area contributed by atoms with Gasteiger partial charge < -0.3 is 21.3 Å². The summed E-state index contributed by atoms with van der Waals surface area (Å²) < 4.78 is 0. The molecule has 1 unspecified atom stereocenters. The largest absolute Gasteiger partial charge is 0.478 e. The second kappa shape index (κ2) is 8.22. The van der Waals surface area contributed by atoms with E-state index in [-0.39, 0.29) is 18.0 Å². The predicted octanol–water partition coefficient (Wildman–Crippen LogP) is 2.24. The lowest BCUT2D eigenvalue weighted by Crippen LogP contribution is -2.22. The summed E-state index contributed by atoms with van der Waals surface area (Å²) in [4.78, 5) is 11.1. The number of carboxylic acid groups (broad SMARTS) is 1. The molecule has 0 aromatic heterocycles. The Morgan fingerprint density at radius 2 is 2.16 bits per heavy atom. The molecule has 0 radical (unpaired) electrons. The van der Waals surface area contributed by atoms with Crippen LogP contribution in [-0.2, 0) is 0 Å². The van der Waals surface area contributed by atoms with E-state index in [0.717, 1.165) is 0 Å². The fourth-order valence-electron chi connectivity index (χ4n) is 1.65. The summed E-state index contributed by atoms with van der Waals surface area (Å²) in [5.41, 5.74) is 6.45. The maximum atomic E-state index is 11.1. The third-order valence-corrected chi connectivity index (χ3v) is 2.74. The first-order valence-corrected chi connectivity index (χ1v) is 6.01. The molecule has 0 spiro atoms. The van der Waals surface area contributed by atoms with Gasteiger partial charge in [0, 0.05) is 5.02 Å². The highest BCUT2D eigenvalue weighted by Gasteiger charge is 2.16. The van der Waals surface area contributed by atoms with Crippen LogP contribution in [0.5, 0.6) is 0 Å². The van der Waals surface area contributed by atoms with E-state index in [1.807, 2.05) is 0 Å². The molecule has 7 heteroatoms. The average molecular weight is 309 g/mol. The lowest BCUT2D eigenvalue weighted by molar-refractivity contribution is 0.0697. The van der Waals surface area contributed by atoms with Gasteiger partial charge in [-0.3, -0.25) is 0 Å². The van der Waals surface area contributed by atoms with Crippen LogP contribution in [0.15, 0.2) is 12.1 Å². The van der Waals surface area contributed by atoms with Gasteiger partial charge in [-0.1, -0.05) is 11.6 Å². The van der Waals surface area contributed by atoms with Gasteiger partial charge in [0.15, 0.2) is 0 Å². The van der Waals surface area contributed by atoms with Gasteiger partial charge in [0.05, 0.1) is 11.3 Å². The highest BCUT2D eigenvalue weighted by Crippen LogP contribution is 2.26. The quantitative estimate of drug-likeness (QED) is 0.604.